The van der Waals surface area contributed by atoms with Crippen molar-refractivity contribution in [1.82, 2.24) is 9.47 Å². The molecular formula is C19H27N3OS. The Morgan fingerprint density at radius 2 is 1.96 bits per heavy atom. The number of morpholine rings is 1. The van der Waals surface area contributed by atoms with Gasteiger partial charge in [0.2, 0.25) is 0 Å². The number of ether oxygens (including phenoxy) is 1. The van der Waals surface area contributed by atoms with Crippen LogP contribution in [0.15, 0.2) is 28.6 Å². The third kappa shape index (κ3) is 4.35. The molecule has 1 aliphatic heterocycles. The summed E-state index contributed by atoms with van der Waals surface area (Å²) in [6, 6.07) is 6.40. The van der Waals surface area contributed by atoms with Gasteiger partial charge in [0, 0.05) is 31.2 Å². The van der Waals surface area contributed by atoms with Crippen molar-refractivity contribution in [3.05, 3.63) is 45.2 Å². The third-order valence-electron chi connectivity index (χ3n) is 4.74. The maximum atomic E-state index is 5.40. The van der Waals surface area contributed by atoms with Gasteiger partial charge in [0.1, 0.15) is 0 Å². The summed E-state index contributed by atoms with van der Waals surface area (Å²) in [4.78, 5) is 8.38. The van der Waals surface area contributed by atoms with Crippen molar-refractivity contribution in [3.8, 4) is 0 Å². The first-order valence-corrected chi connectivity index (χ1v) is 9.57. The van der Waals surface area contributed by atoms with Crippen LogP contribution in [0.2, 0.25) is 0 Å². The molecular weight excluding hydrogens is 318 g/mol. The summed E-state index contributed by atoms with van der Waals surface area (Å²) in [6.45, 7) is 9.34. The van der Waals surface area contributed by atoms with Crippen LogP contribution >= 0.6 is 11.3 Å². The quantitative estimate of drug-likeness (QED) is 0.833. The fourth-order valence-corrected chi connectivity index (χ4v) is 3.89. The molecule has 1 saturated heterocycles. The molecule has 0 unspecified atom stereocenters. The average Bonchev–Trinajstić information content (AvgIpc) is 2.93. The summed E-state index contributed by atoms with van der Waals surface area (Å²) in [5.74, 6) is 0. The molecule has 0 radical (unpaired) electrons. The van der Waals surface area contributed by atoms with E-state index in [0.717, 1.165) is 49.8 Å². The molecule has 0 N–H and O–H groups in total. The zero-order valence-electron chi connectivity index (χ0n) is 14.9. The van der Waals surface area contributed by atoms with Crippen molar-refractivity contribution in [2.45, 2.75) is 26.7 Å². The maximum Gasteiger partial charge on any atom is 0.189 e. The number of hydrogen-bond acceptors (Lipinski definition) is 4. The fraction of sp³-hybridized carbons (Fsp3) is 0.526. The summed E-state index contributed by atoms with van der Waals surface area (Å²) in [5.41, 5.74) is 5.01. The molecule has 4 nitrogen and oxygen atoms in total. The van der Waals surface area contributed by atoms with E-state index in [1.165, 1.54) is 23.2 Å². The van der Waals surface area contributed by atoms with Crippen molar-refractivity contribution >= 4 is 17.0 Å². The molecule has 3 rings (SSSR count). The number of thiazole rings is 1. The molecule has 0 aliphatic carbocycles. The summed E-state index contributed by atoms with van der Waals surface area (Å²) in [7, 11) is 2.13. The van der Waals surface area contributed by atoms with Crippen LogP contribution in [-0.4, -0.2) is 42.3 Å². The number of nitrogens with zero attached hydrogens (tertiary/aromatic N) is 3. The second-order valence-corrected chi connectivity index (χ2v) is 7.34. The predicted octanol–water partition coefficient (Wildman–Crippen LogP) is 3.20. The van der Waals surface area contributed by atoms with Crippen LogP contribution < -0.4 is 4.80 Å². The molecule has 5 heteroatoms. The van der Waals surface area contributed by atoms with Gasteiger partial charge in [-0.1, -0.05) is 6.07 Å². The first-order valence-electron chi connectivity index (χ1n) is 8.69. The molecule has 0 bridgehead atoms. The number of benzene rings is 1. The topological polar surface area (TPSA) is 29.8 Å². The smallest absolute Gasteiger partial charge is 0.189 e. The highest BCUT2D eigenvalue weighted by Gasteiger charge is 2.10. The molecule has 130 valence electrons. The Kier molecular flexibility index (Phi) is 5.87. The summed E-state index contributed by atoms with van der Waals surface area (Å²) < 4.78 is 7.64. The molecule has 1 aromatic heterocycles. The molecule has 1 aromatic carbocycles. The molecule has 0 spiro atoms. The van der Waals surface area contributed by atoms with E-state index in [2.05, 4.69) is 53.9 Å². The minimum absolute atomic E-state index is 0.880. The molecule has 2 aromatic rings. The van der Waals surface area contributed by atoms with Gasteiger partial charge in [0.25, 0.3) is 0 Å². The molecule has 0 amide bonds. The van der Waals surface area contributed by atoms with Gasteiger partial charge in [0.15, 0.2) is 4.80 Å². The lowest BCUT2D eigenvalue weighted by Gasteiger charge is -2.26. The van der Waals surface area contributed by atoms with E-state index in [0.29, 0.717) is 0 Å². The normalized spacial score (nSPS) is 16.7. The average molecular weight is 346 g/mol. The number of aryl methyl sites for hydroxylation is 3. The van der Waals surface area contributed by atoms with Crippen molar-refractivity contribution in [2.75, 3.05) is 32.8 Å². The monoisotopic (exact) mass is 345 g/mol. The largest absolute Gasteiger partial charge is 0.379 e. The molecule has 1 aliphatic rings. The van der Waals surface area contributed by atoms with Gasteiger partial charge in [-0.25, -0.2) is 4.99 Å². The lowest BCUT2D eigenvalue weighted by atomic mass is 10.1. The standard InChI is InChI=1S/C19H27N3OS/c1-15-6-7-17(13-16(15)2)20-19-21(3)18(14-24-19)5-4-8-22-9-11-23-12-10-22/h6-7,13-14H,4-5,8-12H2,1-3H3. The second kappa shape index (κ2) is 8.10. The van der Waals surface area contributed by atoms with Gasteiger partial charge in [-0.2, -0.15) is 0 Å². The number of rotatable bonds is 5. The molecule has 0 atom stereocenters. The van der Waals surface area contributed by atoms with Crippen LogP contribution in [0.5, 0.6) is 0 Å². The Morgan fingerprint density at radius 3 is 2.71 bits per heavy atom. The van der Waals surface area contributed by atoms with Crippen LogP contribution in [0.25, 0.3) is 0 Å². The van der Waals surface area contributed by atoms with E-state index in [1.807, 2.05) is 0 Å². The van der Waals surface area contributed by atoms with Gasteiger partial charge >= 0.3 is 0 Å². The first-order chi connectivity index (χ1) is 11.6. The first kappa shape index (κ1) is 17.4. The van der Waals surface area contributed by atoms with E-state index in [9.17, 15) is 0 Å². The fourth-order valence-electron chi connectivity index (χ4n) is 2.94. The van der Waals surface area contributed by atoms with Crippen LogP contribution in [0.1, 0.15) is 23.2 Å². The molecule has 24 heavy (non-hydrogen) atoms. The van der Waals surface area contributed by atoms with E-state index in [-0.39, 0.29) is 0 Å². The Labute approximate surface area is 148 Å². The van der Waals surface area contributed by atoms with Gasteiger partial charge in [-0.3, -0.25) is 4.90 Å². The van der Waals surface area contributed by atoms with E-state index < -0.39 is 0 Å². The van der Waals surface area contributed by atoms with E-state index in [4.69, 9.17) is 9.73 Å². The Balaban J connectivity index is 1.64. The highest BCUT2D eigenvalue weighted by Crippen LogP contribution is 2.17. The maximum absolute atomic E-state index is 5.40. The van der Waals surface area contributed by atoms with Crippen LogP contribution in [0.3, 0.4) is 0 Å². The SMILES string of the molecule is Cc1ccc(N=c2scc(CCCN3CCOCC3)n2C)cc1C. The van der Waals surface area contributed by atoms with E-state index >= 15 is 0 Å². The van der Waals surface area contributed by atoms with Crippen LogP contribution in [0.4, 0.5) is 5.69 Å². The second-order valence-electron chi connectivity index (χ2n) is 6.51. The lowest BCUT2D eigenvalue weighted by molar-refractivity contribution is 0.0374. The predicted molar refractivity (Wildman–Crippen MR) is 100 cm³/mol. The van der Waals surface area contributed by atoms with Crippen molar-refractivity contribution in [3.63, 3.8) is 0 Å². The highest BCUT2D eigenvalue weighted by molar-refractivity contribution is 7.07. The van der Waals surface area contributed by atoms with Crippen LogP contribution in [-0.2, 0) is 18.2 Å². The lowest BCUT2D eigenvalue weighted by Crippen LogP contribution is -2.37. The Bertz CT molecular complexity index is 741. The summed E-state index contributed by atoms with van der Waals surface area (Å²) >= 11 is 1.73. The third-order valence-corrected chi connectivity index (χ3v) is 5.71. The Hall–Kier alpha value is -1.43. The van der Waals surface area contributed by atoms with Gasteiger partial charge in [-0.15, -0.1) is 11.3 Å². The van der Waals surface area contributed by atoms with Crippen LogP contribution in [0, 0.1) is 13.8 Å². The highest BCUT2D eigenvalue weighted by atomic mass is 32.1. The van der Waals surface area contributed by atoms with Crippen molar-refractivity contribution < 1.29 is 4.74 Å². The van der Waals surface area contributed by atoms with Gasteiger partial charge < -0.3 is 9.30 Å². The Morgan fingerprint density at radius 1 is 1.17 bits per heavy atom. The minimum Gasteiger partial charge on any atom is -0.379 e. The van der Waals surface area contributed by atoms with Crippen molar-refractivity contribution in [2.24, 2.45) is 12.0 Å². The zero-order valence-corrected chi connectivity index (χ0v) is 15.7. The molecule has 1 fully saturated rings. The van der Waals surface area contributed by atoms with Gasteiger partial charge in [0.05, 0.1) is 18.9 Å². The summed E-state index contributed by atoms with van der Waals surface area (Å²) in [5, 5.41) is 2.25. The van der Waals surface area contributed by atoms with Crippen molar-refractivity contribution in [1.29, 1.82) is 0 Å². The summed E-state index contributed by atoms with van der Waals surface area (Å²) in [6.07, 6.45) is 2.29. The minimum atomic E-state index is 0.880. The molecule has 0 saturated carbocycles. The van der Waals surface area contributed by atoms with E-state index in [1.54, 1.807) is 11.3 Å². The number of hydrogen-bond donors (Lipinski definition) is 0. The molecule has 2 heterocycles. The number of aromatic nitrogens is 1. The zero-order chi connectivity index (χ0) is 16.9. The van der Waals surface area contributed by atoms with Gasteiger partial charge in [-0.05, 0) is 56.5 Å².